The van der Waals surface area contributed by atoms with Crippen LogP contribution >= 0.6 is 0 Å². The number of hydrogen-bond donors (Lipinski definition) is 0. The van der Waals surface area contributed by atoms with E-state index in [9.17, 15) is 0 Å². The maximum atomic E-state index is 2.45. The van der Waals surface area contributed by atoms with E-state index in [0.29, 0.717) is 0 Å². The number of para-hydroxylation sites is 4. The Bertz CT molecular complexity index is 7230. The number of fused-ring (bicyclic) bond motifs is 12. The molecular formula is C108H72N4. The summed E-state index contributed by atoms with van der Waals surface area (Å²) in [7, 11) is 0. The number of aromatic nitrogens is 4. The Labute approximate surface area is 649 Å². The summed E-state index contributed by atoms with van der Waals surface area (Å²) in [6.07, 6.45) is 0. The lowest BCUT2D eigenvalue weighted by atomic mass is 9.97. The Morgan fingerprint density at radius 3 is 0.777 bits per heavy atom. The van der Waals surface area contributed by atoms with Gasteiger partial charge in [0.15, 0.2) is 0 Å². The monoisotopic (exact) mass is 1420 g/mol. The first kappa shape index (κ1) is 65.5. The lowest BCUT2D eigenvalue weighted by Crippen LogP contribution is -1.96. The third-order valence-corrected chi connectivity index (χ3v) is 22.6. The van der Waals surface area contributed by atoms with Crippen LogP contribution in [0.15, 0.2) is 437 Å². The standard InChI is InChI=1S/2C54H36N2/c1-4-15-37(16-5-1)40-27-30-44(31-28-40)55-50-24-12-10-21-47(50)49-36-41(29-32-52(49)55)46-23-14-26-53-54(46)48-22-11-13-25-51(48)56(53)45-34-42(38-17-6-2-7-18-38)33-43(35-45)39-19-8-3-9-20-39;1-3-13-37(14-4-1)39-25-27-41(28-26-39)42-17-11-18-45(35-42)56-51-23-10-8-20-48(51)54-46(21-12-24-53(54)56)43-31-34-52-49(36-43)47-19-7-9-22-50(47)55(52)44-32-29-40(30-33-44)38-15-5-2-6-16-38/h2*1-36H. The van der Waals surface area contributed by atoms with Crippen molar-refractivity contribution in [3.63, 3.8) is 0 Å². The van der Waals surface area contributed by atoms with Gasteiger partial charge in [-0.1, -0.05) is 322 Å². The molecule has 0 spiro atoms. The van der Waals surface area contributed by atoms with E-state index in [1.54, 1.807) is 0 Å². The first-order chi connectivity index (χ1) is 55.6. The molecule has 22 aromatic rings. The minimum Gasteiger partial charge on any atom is -0.309 e. The molecule has 0 amide bonds. The van der Waals surface area contributed by atoms with Gasteiger partial charge in [-0.2, -0.15) is 0 Å². The number of hydrogen-bond acceptors (Lipinski definition) is 0. The molecule has 0 saturated carbocycles. The topological polar surface area (TPSA) is 19.7 Å². The highest BCUT2D eigenvalue weighted by molar-refractivity contribution is 6.19. The Hall–Kier alpha value is -14.8. The van der Waals surface area contributed by atoms with Crippen molar-refractivity contribution in [2.45, 2.75) is 0 Å². The van der Waals surface area contributed by atoms with Gasteiger partial charge in [-0.3, -0.25) is 0 Å². The van der Waals surface area contributed by atoms with Crippen LogP contribution in [0.25, 0.3) is 199 Å². The summed E-state index contributed by atoms with van der Waals surface area (Å²) in [5, 5.41) is 10.00. The third-order valence-electron chi connectivity index (χ3n) is 22.6. The van der Waals surface area contributed by atoms with Gasteiger partial charge < -0.3 is 18.3 Å². The highest BCUT2D eigenvalue weighted by Crippen LogP contribution is 2.46. The third kappa shape index (κ3) is 11.5. The Kier molecular flexibility index (Phi) is 16.2. The van der Waals surface area contributed by atoms with Crippen LogP contribution in [0.3, 0.4) is 0 Å². The predicted molar refractivity (Wildman–Crippen MR) is 474 cm³/mol. The molecule has 0 fully saturated rings. The van der Waals surface area contributed by atoms with Gasteiger partial charge in [0.25, 0.3) is 0 Å². The smallest absolute Gasteiger partial charge is 0.0547 e. The van der Waals surface area contributed by atoms with Gasteiger partial charge in [0.2, 0.25) is 0 Å². The summed E-state index contributed by atoms with van der Waals surface area (Å²) >= 11 is 0. The summed E-state index contributed by atoms with van der Waals surface area (Å²) in [6, 6.07) is 159. The second-order valence-electron chi connectivity index (χ2n) is 29.1. The summed E-state index contributed by atoms with van der Waals surface area (Å²) < 4.78 is 9.69. The predicted octanol–water partition coefficient (Wildman–Crippen LogP) is 29.1. The lowest BCUT2D eigenvalue weighted by Gasteiger charge is -2.14. The molecule has 4 aromatic heterocycles. The molecule has 0 atom stereocenters. The first-order valence-corrected chi connectivity index (χ1v) is 38.5. The minimum atomic E-state index is 1.14. The van der Waals surface area contributed by atoms with Crippen molar-refractivity contribution in [3.05, 3.63) is 437 Å². The van der Waals surface area contributed by atoms with Crippen LogP contribution in [0.1, 0.15) is 0 Å². The zero-order valence-corrected chi connectivity index (χ0v) is 61.4. The zero-order chi connectivity index (χ0) is 74.0. The van der Waals surface area contributed by atoms with E-state index in [0.717, 1.165) is 22.7 Å². The second kappa shape index (κ2) is 27.7. The van der Waals surface area contributed by atoms with Crippen molar-refractivity contribution in [2.75, 3.05) is 0 Å². The largest absolute Gasteiger partial charge is 0.309 e. The normalized spacial score (nSPS) is 11.6. The molecule has 4 heteroatoms. The molecule has 4 nitrogen and oxygen atoms in total. The van der Waals surface area contributed by atoms with Gasteiger partial charge in [-0.15, -0.1) is 0 Å². The van der Waals surface area contributed by atoms with E-state index in [2.05, 4.69) is 455 Å². The van der Waals surface area contributed by atoms with Gasteiger partial charge >= 0.3 is 0 Å². The van der Waals surface area contributed by atoms with Gasteiger partial charge in [0.05, 0.1) is 44.1 Å². The van der Waals surface area contributed by atoms with Crippen LogP contribution < -0.4 is 0 Å². The van der Waals surface area contributed by atoms with E-state index >= 15 is 0 Å². The van der Waals surface area contributed by atoms with Crippen LogP contribution in [0.2, 0.25) is 0 Å². The highest BCUT2D eigenvalue weighted by atomic mass is 15.0. The molecule has 0 saturated heterocycles. The quantitative estimate of drug-likeness (QED) is 0.116. The minimum absolute atomic E-state index is 1.14. The summed E-state index contributed by atoms with van der Waals surface area (Å²) in [5.41, 5.74) is 33.6. The second-order valence-corrected chi connectivity index (χ2v) is 29.1. The highest BCUT2D eigenvalue weighted by Gasteiger charge is 2.23. The maximum Gasteiger partial charge on any atom is 0.0547 e. The molecule has 4 heterocycles. The number of nitrogens with zero attached hydrogens (tertiary/aromatic N) is 4. The summed E-state index contributed by atoms with van der Waals surface area (Å²) in [5.74, 6) is 0. The van der Waals surface area contributed by atoms with E-state index in [1.807, 2.05) is 0 Å². The molecule has 22 rings (SSSR count). The fourth-order valence-corrected chi connectivity index (χ4v) is 17.4. The average Bonchev–Trinajstić information content (AvgIpc) is 1.58. The molecule has 18 aromatic carbocycles. The van der Waals surface area contributed by atoms with E-state index < -0.39 is 0 Å². The van der Waals surface area contributed by atoms with Crippen molar-refractivity contribution >= 4 is 87.2 Å². The van der Waals surface area contributed by atoms with Crippen LogP contribution in [0.5, 0.6) is 0 Å². The molecule has 0 radical (unpaired) electrons. The van der Waals surface area contributed by atoms with Gasteiger partial charge in [0.1, 0.15) is 0 Å². The Morgan fingerprint density at radius 2 is 0.375 bits per heavy atom. The van der Waals surface area contributed by atoms with Crippen LogP contribution in [-0.4, -0.2) is 18.3 Å². The lowest BCUT2D eigenvalue weighted by molar-refractivity contribution is 1.18. The van der Waals surface area contributed by atoms with Gasteiger partial charge in [0, 0.05) is 65.8 Å². The van der Waals surface area contributed by atoms with Gasteiger partial charge in [-0.25, -0.2) is 0 Å². The Balaban J connectivity index is 0.000000141. The number of rotatable bonds is 12. The van der Waals surface area contributed by atoms with Crippen molar-refractivity contribution < 1.29 is 0 Å². The fourth-order valence-electron chi connectivity index (χ4n) is 17.4. The molecule has 0 aliphatic rings. The average molecular weight is 1430 g/mol. The van der Waals surface area contributed by atoms with Gasteiger partial charge in [-0.05, 0) is 204 Å². The van der Waals surface area contributed by atoms with E-state index in [1.165, 1.54) is 176 Å². The molecule has 0 aliphatic carbocycles. The molecule has 0 unspecified atom stereocenters. The molecule has 0 aliphatic heterocycles. The molecular weight excluding hydrogens is 1350 g/mol. The van der Waals surface area contributed by atoms with Crippen LogP contribution in [0.4, 0.5) is 0 Å². The molecule has 524 valence electrons. The molecule has 0 N–H and O–H groups in total. The number of benzene rings is 18. The van der Waals surface area contributed by atoms with Crippen LogP contribution in [-0.2, 0) is 0 Å². The maximum absolute atomic E-state index is 2.45. The zero-order valence-electron chi connectivity index (χ0n) is 61.4. The van der Waals surface area contributed by atoms with Crippen molar-refractivity contribution in [2.24, 2.45) is 0 Å². The molecule has 0 bridgehead atoms. The van der Waals surface area contributed by atoms with Crippen molar-refractivity contribution in [3.8, 4) is 112 Å². The summed E-state index contributed by atoms with van der Waals surface area (Å²) in [4.78, 5) is 0. The van der Waals surface area contributed by atoms with Crippen molar-refractivity contribution in [1.82, 2.24) is 18.3 Å². The van der Waals surface area contributed by atoms with E-state index in [4.69, 9.17) is 0 Å². The van der Waals surface area contributed by atoms with E-state index in [-0.39, 0.29) is 0 Å². The summed E-state index contributed by atoms with van der Waals surface area (Å²) in [6.45, 7) is 0. The Morgan fingerprint density at radius 1 is 0.116 bits per heavy atom. The first-order valence-electron chi connectivity index (χ1n) is 38.5. The van der Waals surface area contributed by atoms with Crippen LogP contribution in [0, 0.1) is 0 Å². The van der Waals surface area contributed by atoms with Crippen molar-refractivity contribution in [1.29, 1.82) is 0 Å². The SMILES string of the molecule is c1ccc(-c2ccc(-c3cccc(-n4c5ccccc5c5c(-c6ccc7c(c6)c6ccccc6n7-c6ccc(-c7ccccc7)cc6)cccc54)c3)cc2)cc1.c1ccc(-c2ccc(-n3c4ccccc4c4cc(-c5cccc6c5c5ccccc5n6-c5cc(-c6ccccc6)cc(-c6ccccc6)c5)ccc43)cc2)cc1. The fraction of sp³-hybridized carbons (Fsp3) is 0. The molecule has 112 heavy (non-hydrogen) atoms.